The summed E-state index contributed by atoms with van der Waals surface area (Å²) in [4.78, 5) is 2.37. The average Bonchev–Trinajstić information content (AvgIpc) is 3.74. The molecule has 10 aromatic carbocycles. The number of benzene rings is 10. The molecule has 63 heavy (non-hydrogen) atoms. The maximum atomic E-state index is 6.19. The normalized spacial score (nSPS) is 11.5. The number of rotatable bonds is 10. The lowest BCUT2D eigenvalue weighted by molar-refractivity contribution is 0.669. The predicted octanol–water partition coefficient (Wildman–Crippen LogP) is 16.4. The van der Waals surface area contributed by atoms with E-state index in [0.717, 1.165) is 61.3 Å². The van der Waals surface area contributed by atoms with E-state index in [-0.39, 0.29) is 0 Å². The summed E-state index contributed by atoms with van der Waals surface area (Å²) in [5.41, 5.74) is 16.4. The lowest BCUT2D eigenvalue weighted by Gasteiger charge is -2.37. The third-order valence-electron chi connectivity index (χ3n) is 12.4. The molecule has 1 aromatic heterocycles. The third kappa shape index (κ3) is 6.98. The molecular weight excluding hydrogens is 763 g/mol. The fraction of sp³-hybridized carbons (Fsp3) is 0.0164. The number of hydrogen-bond donors (Lipinski definition) is 0. The summed E-state index contributed by atoms with van der Waals surface area (Å²) in [6.45, 7) is 0. The Morgan fingerprint density at radius 1 is 0.254 bits per heavy atom. The molecule has 11 rings (SSSR count). The van der Waals surface area contributed by atoms with Gasteiger partial charge in [0.05, 0.1) is 5.41 Å². The Kier molecular flexibility index (Phi) is 9.80. The van der Waals surface area contributed by atoms with Crippen molar-refractivity contribution in [1.82, 2.24) is 0 Å². The Hall–Kier alpha value is -8.20. The van der Waals surface area contributed by atoms with Gasteiger partial charge in [-0.15, -0.1) is 0 Å². The summed E-state index contributed by atoms with van der Waals surface area (Å²) in [7, 11) is 0. The van der Waals surface area contributed by atoms with Crippen molar-refractivity contribution in [2.24, 2.45) is 0 Å². The standard InChI is InChI=1S/C61H43NO/c1-5-17-44(18-6-1)45-33-38-54(39-34-45)62(56-28-16-20-48(42-56)49-35-40-60-58(43-49)57-29-13-14-30-59(57)63-60)55-27-15-19-47(41-55)46-31-36-53(37-32-46)61(50-21-7-2-8-22-50,51-23-9-3-10-24-51)52-25-11-4-12-26-52/h1-43H. The predicted molar refractivity (Wildman–Crippen MR) is 263 cm³/mol. The summed E-state index contributed by atoms with van der Waals surface area (Å²) in [6, 6.07) is 93.9. The molecule has 1 heterocycles. The largest absolute Gasteiger partial charge is 0.456 e. The maximum absolute atomic E-state index is 6.19. The van der Waals surface area contributed by atoms with Gasteiger partial charge in [-0.3, -0.25) is 0 Å². The first-order valence-corrected chi connectivity index (χ1v) is 21.6. The van der Waals surface area contributed by atoms with Gasteiger partial charge in [-0.2, -0.15) is 0 Å². The molecule has 0 atom stereocenters. The second-order valence-electron chi connectivity index (χ2n) is 16.1. The van der Waals surface area contributed by atoms with Crippen molar-refractivity contribution >= 4 is 39.0 Å². The van der Waals surface area contributed by atoms with Crippen LogP contribution in [0, 0.1) is 0 Å². The summed E-state index contributed by atoms with van der Waals surface area (Å²) >= 11 is 0. The van der Waals surface area contributed by atoms with Crippen LogP contribution in [0.4, 0.5) is 17.1 Å². The first kappa shape index (κ1) is 37.8. The van der Waals surface area contributed by atoms with Crippen LogP contribution >= 0.6 is 0 Å². The van der Waals surface area contributed by atoms with E-state index >= 15 is 0 Å². The Morgan fingerprint density at radius 3 is 1.24 bits per heavy atom. The lowest BCUT2D eigenvalue weighted by atomic mass is 9.65. The lowest BCUT2D eigenvalue weighted by Crippen LogP contribution is -2.30. The van der Waals surface area contributed by atoms with E-state index in [1.54, 1.807) is 0 Å². The van der Waals surface area contributed by atoms with Crippen molar-refractivity contribution in [3.63, 3.8) is 0 Å². The smallest absolute Gasteiger partial charge is 0.135 e. The molecule has 2 heteroatoms. The molecule has 0 radical (unpaired) electrons. The Morgan fingerprint density at radius 2 is 0.651 bits per heavy atom. The minimum absolute atomic E-state index is 0.507. The van der Waals surface area contributed by atoms with E-state index in [0.29, 0.717) is 0 Å². The van der Waals surface area contributed by atoms with Crippen LogP contribution in [-0.4, -0.2) is 0 Å². The van der Waals surface area contributed by atoms with Gasteiger partial charge in [0, 0.05) is 27.8 Å². The zero-order valence-electron chi connectivity index (χ0n) is 34.7. The molecule has 11 aromatic rings. The van der Waals surface area contributed by atoms with Crippen LogP contribution in [0.1, 0.15) is 22.3 Å². The Labute approximate surface area is 368 Å². The molecule has 0 spiro atoms. The number of anilines is 3. The van der Waals surface area contributed by atoms with Gasteiger partial charge >= 0.3 is 0 Å². The summed E-state index contributed by atoms with van der Waals surface area (Å²) in [5.74, 6) is 0. The van der Waals surface area contributed by atoms with Gasteiger partial charge in [0.1, 0.15) is 11.2 Å². The van der Waals surface area contributed by atoms with Gasteiger partial charge in [0.15, 0.2) is 0 Å². The third-order valence-corrected chi connectivity index (χ3v) is 12.4. The summed E-state index contributed by atoms with van der Waals surface area (Å²) < 4.78 is 6.19. The topological polar surface area (TPSA) is 16.4 Å². The summed E-state index contributed by atoms with van der Waals surface area (Å²) in [5, 5.41) is 2.25. The van der Waals surface area contributed by atoms with E-state index in [4.69, 9.17) is 4.42 Å². The fourth-order valence-electron chi connectivity index (χ4n) is 9.41. The van der Waals surface area contributed by atoms with Crippen molar-refractivity contribution in [2.45, 2.75) is 5.41 Å². The molecule has 0 aliphatic carbocycles. The molecule has 298 valence electrons. The minimum Gasteiger partial charge on any atom is -0.456 e. The molecule has 0 amide bonds. The number of nitrogens with zero attached hydrogens (tertiary/aromatic N) is 1. The molecule has 0 aliphatic rings. The highest BCUT2D eigenvalue weighted by Crippen LogP contribution is 2.46. The second-order valence-corrected chi connectivity index (χ2v) is 16.1. The van der Waals surface area contributed by atoms with E-state index in [2.05, 4.69) is 254 Å². The highest BCUT2D eigenvalue weighted by atomic mass is 16.3. The van der Waals surface area contributed by atoms with Crippen molar-refractivity contribution < 1.29 is 4.42 Å². The van der Waals surface area contributed by atoms with Gasteiger partial charge in [-0.05, 0) is 110 Å². The van der Waals surface area contributed by atoms with Crippen LogP contribution in [0.2, 0.25) is 0 Å². The van der Waals surface area contributed by atoms with E-state index in [9.17, 15) is 0 Å². The number of para-hydroxylation sites is 1. The van der Waals surface area contributed by atoms with Crippen molar-refractivity contribution in [1.29, 1.82) is 0 Å². The van der Waals surface area contributed by atoms with Crippen molar-refractivity contribution in [2.75, 3.05) is 4.90 Å². The van der Waals surface area contributed by atoms with Crippen LogP contribution in [0.3, 0.4) is 0 Å². The highest BCUT2D eigenvalue weighted by Gasteiger charge is 2.38. The van der Waals surface area contributed by atoms with Crippen molar-refractivity contribution in [3.05, 3.63) is 283 Å². The van der Waals surface area contributed by atoms with Gasteiger partial charge in [-0.25, -0.2) is 0 Å². The van der Waals surface area contributed by atoms with Crippen LogP contribution in [0.15, 0.2) is 265 Å². The van der Waals surface area contributed by atoms with Gasteiger partial charge in [0.25, 0.3) is 0 Å². The van der Waals surface area contributed by atoms with E-state index in [1.807, 2.05) is 12.1 Å². The van der Waals surface area contributed by atoms with Gasteiger partial charge in [-0.1, -0.05) is 206 Å². The molecule has 0 bridgehead atoms. The Bertz CT molecular complexity index is 3200. The molecule has 0 N–H and O–H groups in total. The highest BCUT2D eigenvalue weighted by molar-refractivity contribution is 6.06. The zero-order valence-corrected chi connectivity index (χ0v) is 34.7. The number of fused-ring (bicyclic) bond motifs is 3. The first-order valence-electron chi connectivity index (χ1n) is 21.6. The van der Waals surface area contributed by atoms with Crippen LogP contribution in [-0.2, 0) is 5.41 Å². The Balaban J connectivity index is 1.01. The molecular formula is C61H43NO. The van der Waals surface area contributed by atoms with Gasteiger partial charge in [0.2, 0.25) is 0 Å². The second kappa shape index (κ2) is 16.3. The first-order chi connectivity index (χ1) is 31.2. The van der Waals surface area contributed by atoms with Crippen LogP contribution in [0.25, 0.3) is 55.3 Å². The molecule has 0 saturated heterocycles. The summed E-state index contributed by atoms with van der Waals surface area (Å²) in [6.07, 6.45) is 0. The maximum Gasteiger partial charge on any atom is 0.135 e. The molecule has 0 saturated carbocycles. The number of furan rings is 1. The average molecular weight is 806 g/mol. The van der Waals surface area contributed by atoms with Crippen LogP contribution < -0.4 is 4.90 Å². The van der Waals surface area contributed by atoms with E-state index in [1.165, 1.54) is 33.4 Å². The molecule has 0 aliphatic heterocycles. The fourth-order valence-corrected chi connectivity index (χ4v) is 9.41. The van der Waals surface area contributed by atoms with E-state index < -0.39 is 5.41 Å². The molecule has 2 nitrogen and oxygen atoms in total. The van der Waals surface area contributed by atoms with Crippen LogP contribution in [0.5, 0.6) is 0 Å². The monoisotopic (exact) mass is 805 g/mol. The zero-order chi connectivity index (χ0) is 42.0. The number of hydrogen-bond acceptors (Lipinski definition) is 2. The molecule has 0 fully saturated rings. The van der Waals surface area contributed by atoms with Crippen molar-refractivity contribution in [3.8, 4) is 33.4 Å². The molecule has 0 unspecified atom stereocenters. The quantitative estimate of drug-likeness (QED) is 0.128. The van der Waals surface area contributed by atoms with Gasteiger partial charge < -0.3 is 9.32 Å². The minimum atomic E-state index is -0.507. The SMILES string of the molecule is c1ccc(-c2ccc(N(c3cccc(-c4ccc(C(c5ccccc5)(c5ccccc5)c5ccccc5)cc4)c3)c3cccc(-c4ccc5oc6ccccc6c5c4)c3)cc2)cc1.